The molecule has 1 aliphatic carbocycles. The van der Waals surface area contributed by atoms with Crippen molar-refractivity contribution in [2.24, 2.45) is 5.92 Å². The molecule has 2 aromatic rings. The predicted octanol–water partition coefficient (Wildman–Crippen LogP) is 4.50. The zero-order valence-corrected chi connectivity index (χ0v) is 17.7. The maximum atomic E-state index is 13.0. The highest BCUT2D eigenvalue weighted by molar-refractivity contribution is 7.13. The van der Waals surface area contributed by atoms with E-state index >= 15 is 0 Å². The van der Waals surface area contributed by atoms with E-state index in [2.05, 4.69) is 4.98 Å². The van der Waals surface area contributed by atoms with Crippen molar-refractivity contribution in [1.82, 2.24) is 9.88 Å². The highest BCUT2D eigenvalue weighted by Crippen LogP contribution is 2.33. The molecule has 154 valence electrons. The van der Waals surface area contributed by atoms with Crippen LogP contribution in [0.1, 0.15) is 51.1 Å². The lowest BCUT2D eigenvalue weighted by molar-refractivity contribution is -0.135. The van der Waals surface area contributed by atoms with Crippen molar-refractivity contribution in [2.75, 3.05) is 13.2 Å². The molecule has 5 nitrogen and oxygen atoms in total. The largest absolute Gasteiger partial charge is 0.494 e. The summed E-state index contributed by atoms with van der Waals surface area (Å²) in [5, 5.41) is 2.89. The van der Waals surface area contributed by atoms with Gasteiger partial charge in [-0.05, 0) is 56.9 Å². The number of thiazole rings is 1. The Kier molecular flexibility index (Phi) is 6.28. The summed E-state index contributed by atoms with van der Waals surface area (Å²) < 4.78 is 5.49. The van der Waals surface area contributed by atoms with Gasteiger partial charge in [0.15, 0.2) is 0 Å². The number of benzene rings is 1. The summed E-state index contributed by atoms with van der Waals surface area (Å²) in [7, 11) is 0. The van der Waals surface area contributed by atoms with E-state index in [1.807, 2.05) is 41.5 Å². The van der Waals surface area contributed by atoms with Gasteiger partial charge in [-0.3, -0.25) is 9.59 Å². The summed E-state index contributed by atoms with van der Waals surface area (Å²) >= 11 is 1.56. The monoisotopic (exact) mass is 412 g/mol. The van der Waals surface area contributed by atoms with Crippen LogP contribution in [0.3, 0.4) is 0 Å². The molecule has 2 fully saturated rings. The summed E-state index contributed by atoms with van der Waals surface area (Å²) in [5.74, 6) is 1.35. The van der Waals surface area contributed by atoms with Crippen molar-refractivity contribution in [3.8, 4) is 16.3 Å². The van der Waals surface area contributed by atoms with Gasteiger partial charge >= 0.3 is 0 Å². The number of carbonyl (C=O) groups is 2. The lowest BCUT2D eigenvalue weighted by Crippen LogP contribution is -2.44. The van der Waals surface area contributed by atoms with E-state index in [-0.39, 0.29) is 17.9 Å². The average Bonchev–Trinajstić information content (AvgIpc) is 3.39. The van der Waals surface area contributed by atoms with Gasteiger partial charge < -0.3 is 9.64 Å². The van der Waals surface area contributed by atoms with Crippen molar-refractivity contribution in [3.05, 3.63) is 35.3 Å². The number of rotatable bonds is 6. The first kappa shape index (κ1) is 20.1. The quantitative estimate of drug-likeness (QED) is 0.701. The van der Waals surface area contributed by atoms with Crippen LogP contribution in [0.15, 0.2) is 29.6 Å². The second-order valence-corrected chi connectivity index (χ2v) is 8.75. The minimum Gasteiger partial charge on any atom is -0.494 e. The second kappa shape index (κ2) is 9.08. The smallest absolute Gasteiger partial charge is 0.228 e. The number of hydrogen-bond donors (Lipinski definition) is 0. The van der Waals surface area contributed by atoms with Gasteiger partial charge in [-0.2, -0.15) is 0 Å². The van der Waals surface area contributed by atoms with Gasteiger partial charge in [-0.15, -0.1) is 11.3 Å². The van der Waals surface area contributed by atoms with Crippen LogP contribution in [-0.4, -0.2) is 40.8 Å². The van der Waals surface area contributed by atoms with Crippen molar-refractivity contribution in [2.45, 2.75) is 57.9 Å². The SMILES string of the molecule is CCOc1ccc(-c2nc(CC(=O)N3CCCC3C3CCCCC3=O)cs2)cc1. The molecule has 1 aliphatic heterocycles. The van der Waals surface area contributed by atoms with Gasteiger partial charge in [0.1, 0.15) is 16.5 Å². The third kappa shape index (κ3) is 4.53. The summed E-state index contributed by atoms with van der Waals surface area (Å²) in [6.45, 7) is 3.38. The van der Waals surface area contributed by atoms with Crippen LogP contribution in [0.5, 0.6) is 5.75 Å². The Hall–Kier alpha value is -2.21. The molecule has 1 amide bonds. The summed E-state index contributed by atoms with van der Waals surface area (Å²) in [4.78, 5) is 32.0. The van der Waals surface area contributed by atoms with E-state index in [0.717, 1.165) is 60.7 Å². The number of ketones is 1. The topological polar surface area (TPSA) is 59.5 Å². The Balaban J connectivity index is 1.41. The van der Waals surface area contributed by atoms with Crippen molar-refractivity contribution >= 4 is 23.0 Å². The molecule has 2 unspecified atom stereocenters. The van der Waals surface area contributed by atoms with E-state index in [1.54, 1.807) is 11.3 Å². The Morgan fingerprint density at radius 2 is 2.03 bits per heavy atom. The van der Waals surface area contributed by atoms with Gasteiger partial charge in [-0.25, -0.2) is 4.98 Å². The highest BCUT2D eigenvalue weighted by atomic mass is 32.1. The van der Waals surface area contributed by atoms with E-state index in [9.17, 15) is 9.59 Å². The van der Waals surface area contributed by atoms with Crippen LogP contribution >= 0.6 is 11.3 Å². The molecule has 2 atom stereocenters. The van der Waals surface area contributed by atoms with Crippen LogP contribution in [0.4, 0.5) is 0 Å². The lowest BCUT2D eigenvalue weighted by atomic mass is 9.82. The van der Waals surface area contributed by atoms with Crippen LogP contribution in [0.25, 0.3) is 10.6 Å². The summed E-state index contributed by atoms with van der Waals surface area (Å²) in [6, 6.07) is 7.99. The number of hydrogen-bond acceptors (Lipinski definition) is 5. The standard InChI is InChI=1S/C23H28N2O3S/c1-2-28-18-11-9-16(10-12-18)23-24-17(15-29-23)14-22(27)25-13-5-7-20(25)19-6-3-4-8-21(19)26/h9-12,15,19-20H,2-8,13-14H2,1H3. The molecule has 6 heteroatoms. The number of carbonyl (C=O) groups excluding carboxylic acids is 2. The van der Waals surface area contributed by atoms with Gasteiger partial charge in [0, 0.05) is 35.9 Å². The number of nitrogens with zero attached hydrogens (tertiary/aromatic N) is 2. The molecule has 1 saturated carbocycles. The Morgan fingerprint density at radius 1 is 1.21 bits per heavy atom. The zero-order valence-electron chi connectivity index (χ0n) is 16.9. The lowest BCUT2D eigenvalue weighted by Gasteiger charge is -2.33. The molecule has 1 aromatic carbocycles. The third-order valence-corrected chi connectivity index (χ3v) is 6.92. The third-order valence-electron chi connectivity index (χ3n) is 5.98. The van der Waals surface area contributed by atoms with Gasteiger partial charge in [0.2, 0.25) is 5.91 Å². The number of ether oxygens (including phenoxy) is 1. The molecule has 1 aromatic heterocycles. The Bertz CT molecular complexity index is 861. The van der Waals surface area contributed by atoms with E-state index < -0.39 is 0 Å². The van der Waals surface area contributed by atoms with Crippen LogP contribution in [0, 0.1) is 5.92 Å². The number of aromatic nitrogens is 1. The predicted molar refractivity (Wildman–Crippen MR) is 114 cm³/mol. The molecule has 0 radical (unpaired) electrons. The minimum atomic E-state index is 0.0463. The Morgan fingerprint density at radius 3 is 2.79 bits per heavy atom. The van der Waals surface area contributed by atoms with Crippen LogP contribution < -0.4 is 4.74 Å². The molecule has 0 bridgehead atoms. The molecule has 2 heterocycles. The van der Waals surface area contributed by atoms with Gasteiger partial charge in [0.25, 0.3) is 0 Å². The number of Topliss-reactive ketones (excluding diaryl/α,β-unsaturated/α-hetero) is 1. The normalized spacial score (nSPS) is 22.1. The van der Waals surface area contributed by atoms with Crippen molar-refractivity contribution in [1.29, 1.82) is 0 Å². The second-order valence-electron chi connectivity index (χ2n) is 7.89. The molecule has 29 heavy (non-hydrogen) atoms. The number of amides is 1. The van der Waals surface area contributed by atoms with Crippen molar-refractivity contribution < 1.29 is 14.3 Å². The summed E-state index contributed by atoms with van der Waals surface area (Å²) in [5.41, 5.74) is 1.84. The van der Waals surface area contributed by atoms with Crippen molar-refractivity contribution in [3.63, 3.8) is 0 Å². The fraction of sp³-hybridized carbons (Fsp3) is 0.522. The molecule has 4 rings (SSSR count). The Labute approximate surface area is 176 Å². The van der Waals surface area contributed by atoms with E-state index in [1.165, 1.54) is 0 Å². The molecule has 2 aliphatic rings. The number of likely N-dealkylation sites (tertiary alicyclic amines) is 1. The highest BCUT2D eigenvalue weighted by Gasteiger charge is 2.38. The van der Waals surface area contributed by atoms with Gasteiger partial charge in [0.05, 0.1) is 18.7 Å². The first-order valence-corrected chi connectivity index (χ1v) is 11.5. The fourth-order valence-electron chi connectivity index (χ4n) is 4.57. The van der Waals surface area contributed by atoms with Crippen LogP contribution in [0.2, 0.25) is 0 Å². The van der Waals surface area contributed by atoms with Gasteiger partial charge in [-0.1, -0.05) is 6.42 Å². The molecular weight excluding hydrogens is 384 g/mol. The molecular formula is C23H28N2O3S. The van der Waals surface area contributed by atoms with E-state index in [0.29, 0.717) is 25.2 Å². The molecule has 1 saturated heterocycles. The van der Waals surface area contributed by atoms with E-state index in [4.69, 9.17) is 4.74 Å². The first-order valence-electron chi connectivity index (χ1n) is 10.7. The minimum absolute atomic E-state index is 0.0463. The fourth-order valence-corrected chi connectivity index (χ4v) is 5.40. The van der Waals surface area contributed by atoms with Crippen LogP contribution in [-0.2, 0) is 16.0 Å². The maximum absolute atomic E-state index is 13.0. The molecule has 0 N–H and O–H groups in total. The molecule has 0 spiro atoms. The first-order chi connectivity index (χ1) is 14.2. The maximum Gasteiger partial charge on any atom is 0.228 e. The zero-order chi connectivity index (χ0) is 20.2. The average molecular weight is 413 g/mol. The summed E-state index contributed by atoms with van der Waals surface area (Å²) in [6.07, 6.45) is 5.98.